The van der Waals surface area contributed by atoms with E-state index in [9.17, 15) is 4.39 Å². The highest BCUT2D eigenvalue weighted by Gasteiger charge is 2.18. The number of aliphatic imine (C=N–C) groups is 1. The summed E-state index contributed by atoms with van der Waals surface area (Å²) in [5.74, 6) is 1.15. The van der Waals surface area contributed by atoms with Gasteiger partial charge in [0.2, 0.25) is 0 Å². The van der Waals surface area contributed by atoms with E-state index < -0.39 is 0 Å². The van der Waals surface area contributed by atoms with E-state index in [0.717, 1.165) is 25.9 Å². The van der Waals surface area contributed by atoms with Gasteiger partial charge < -0.3 is 15.4 Å². The number of hydrogen-bond acceptors (Lipinski definition) is 2. The Morgan fingerprint density at radius 1 is 1.48 bits per heavy atom. The van der Waals surface area contributed by atoms with Crippen LogP contribution in [0.2, 0.25) is 0 Å². The zero-order valence-electron chi connectivity index (χ0n) is 13.9. The topological polar surface area (TPSA) is 50.8 Å². The van der Waals surface area contributed by atoms with Crippen LogP contribution in [0.5, 0.6) is 5.75 Å². The Labute approximate surface area is 155 Å². The molecule has 130 valence electrons. The summed E-state index contributed by atoms with van der Waals surface area (Å²) < 4.78 is 19.3. The number of nitrogens with zero attached hydrogens (tertiary/aromatic N) is 2. The average Bonchev–Trinajstić information content (AvgIpc) is 2.52. The van der Waals surface area contributed by atoms with Crippen molar-refractivity contribution < 1.29 is 9.13 Å². The predicted octanol–water partition coefficient (Wildman–Crippen LogP) is 3.65. The fourth-order valence-corrected chi connectivity index (χ4v) is 2.66. The van der Waals surface area contributed by atoms with Gasteiger partial charge in [0.05, 0.1) is 6.54 Å². The van der Waals surface area contributed by atoms with Gasteiger partial charge in [0, 0.05) is 13.1 Å². The SMILES string of the molecule is CCC(CN=C(N)N1CCCC(C)C1)Oc1ccccc1F.I. The molecule has 4 nitrogen and oxygen atoms in total. The summed E-state index contributed by atoms with van der Waals surface area (Å²) in [5, 5.41) is 0. The number of hydrogen-bond donors (Lipinski definition) is 1. The van der Waals surface area contributed by atoms with E-state index in [4.69, 9.17) is 10.5 Å². The third kappa shape index (κ3) is 6.16. The molecule has 1 fully saturated rings. The first-order valence-electron chi connectivity index (χ1n) is 8.06. The lowest BCUT2D eigenvalue weighted by molar-refractivity contribution is 0.195. The van der Waals surface area contributed by atoms with Crippen LogP contribution in [0.3, 0.4) is 0 Å². The molecule has 23 heavy (non-hydrogen) atoms. The van der Waals surface area contributed by atoms with Gasteiger partial charge in [-0.3, -0.25) is 0 Å². The van der Waals surface area contributed by atoms with Crippen molar-refractivity contribution in [2.24, 2.45) is 16.6 Å². The molecular formula is C17H27FIN3O. The molecule has 0 radical (unpaired) electrons. The van der Waals surface area contributed by atoms with Crippen molar-refractivity contribution in [1.82, 2.24) is 4.90 Å². The Bertz CT molecular complexity index is 512. The van der Waals surface area contributed by atoms with Gasteiger partial charge in [-0.2, -0.15) is 0 Å². The van der Waals surface area contributed by atoms with Gasteiger partial charge in [-0.05, 0) is 37.3 Å². The Hall–Kier alpha value is -1.05. The van der Waals surface area contributed by atoms with Gasteiger partial charge in [-0.25, -0.2) is 9.38 Å². The Morgan fingerprint density at radius 2 is 2.22 bits per heavy atom. The maximum Gasteiger partial charge on any atom is 0.191 e. The van der Waals surface area contributed by atoms with E-state index in [-0.39, 0.29) is 41.6 Å². The first-order valence-corrected chi connectivity index (χ1v) is 8.06. The van der Waals surface area contributed by atoms with E-state index in [1.807, 2.05) is 6.92 Å². The second kappa shape index (κ2) is 9.95. The number of halogens is 2. The van der Waals surface area contributed by atoms with Crippen LogP contribution in [0.4, 0.5) is 4.39 Å². The summed E-state index contributed by atoms with van der Waals surface area (Å²) in [5.41, 5.74) is 6.08. The van der Waals surface area contributed by atoms with Crippen LogP contribution >= 0.6 is 24.0 Å². The fraction of sp³-hybridized carbons (Fsp3) is 0.588. The van der Waals surface area contributed by atoms with Crippen molar-refractivity contribution in [3.05, 3.63) is 30.1 Å². The van der Waals surface area contributed by atoms with Crippen molar-refractivity contribution in [1.29, 1.82) is 0 Å². The normalized spacial score (nSPS) is 19.9. The monoisotopic (exact) mass is 435 g/mol. The molecule has 1 heterocycles. The Kier molecular flexibility index (Phi) is 8.65. The zero-order valence-corrected chi connectivity index (χ0v) is 16.2. The molecule has 0 saturated carbocycles. The number of para-hydroxylation sites is 1. The smallest absolute Gasteiger partial charge is 0.191 e. The molecule has 0 spiro atoms. The lowest BCUT2D eigenvalue weighted by Crippen LogP contribution is -2.44. The molecule has 2 atom stereocenters. The van der Waals surface area contributed by atoms with E-state index in [1.54, 1.807) is 18.2 Å². The van der Waals surface area contributed by atoms with Crippen molar-refractivity contribution in [2.75, 3.05) is 19.6 Å². The Balaban J connectivity index is 0.00000264. The molecule has 1 aliphatic heterocycles. The summed E-state index contributed by atoms with van der Waals surface area (Å²) in [6.07, 6.45) is 2.98. The highest BCUT2D eigenvalue weighted by molar-refractivity contribution is 14.0. The highest BCUT2D eigenvalue weighted by Crippen LogP contribution is 2.18. The number of piperidine rings is 1. The minimum atomic E-state index is -0.345. The lowest BCUT2D eigenvalue weighted by Gasteiger charge is -2.31. The molecule has 0 amide bonds. The molecule has 0 aromatic heterocycles. The van der Waals surface area contributed by atoms with Gasteiger partial charge in [-0.1, -0.05) is 26.0 Å². The van der Waals surface area contributed by atoms with Gasteiger partial charge in [0.1, 0.15) is 6.10 Å². The number of likely N-dealkylation sites (tertiary alicyclic amines) is 1. The van der Waals surface area contributed by atoms with Gasteiger partial charge in [-0.15, -0.1) is 24.0 Å². The van der Waals surface area contributed by atoms with Crippen LogP contribution in [0.25, 0.3) is 0 Å². The molecule has 2 N–H and O–H groups in total. The average molecular weight is 435 g/mol. The number of benzene rings is 1. The minimum Gasteiger partial charge on any atom is -0.485 e. The molecule has 2 unspecified atom stereocenters. The second-order valence-electron chi connectivity index (χ2n) is 5.97. The summed E-state index contributed by atoms with van der Waals surface area (Å²) in [6, 6.07) is 6.45. The zero-order chi connectivity index (χ0) is 15.9. The number of guanidine groups is 1. The first-order chi connectivity index (χ1) is 10.6. The summed E-state index contributed by atoms with van der Waals surface area (Å²) >= 11 is 0. The molecule has 0 aliphatic carbocycles. The molecule has 1 aromatic carbocycles. The van der Waals surface area contributed by atoms with Crippen LogP contribution < -0.4 is 10.5 Å². The number of rotatable bonds is 5. The van der Waals surface area contributed by atoms with Crippen LogP contribution in [-0.2, 0) is 0 Å². The van der Waals surface area contributed by atoms with E-state index >= 15 is 0 Å². The molecule has 1 saturated heterocycles. The summed E-state index contributed by atoms with van der Waals surface area (Å²) in [6.45, 7) is 6.60. The number of nitrogens with two attached hydrogens (primary N) is 1. The standard InChI is InChI=1S/C17H26FN3O.HI/c1-3-14(22-16-9-5-4-8-15(16)18)11-20-17(19)21-10-6-7-13(2)12-21;/h4-5,8-9,13-14H,3,6-7,10-12H2,1-2H3,(H2,19,20);1H. The lowest BCUT2D eigenvalue weighted by atomic mass is 10.0. The first kappa shape index (κ1) is 20.0. The molecular weight excluding hydrogens is 408 g/mol. The second-order valence-corrected chi connectivity index (χ2v) is 5.97. The third-order valence-electron chi connectivity index (χ3n) is 4.02. The molecule has 0 bridgehead atoms. The van der Waals surface area contributed by atoms with Gasteiger partial charge >= 0.3 is 0 Å². The minimum absolute atomic E-state index is 0. The molecule has 1 aliphatic rings. The number of ether oxygens (including phenoxy) is 1. The van der Waals surface area contributed by atoms with Gasteiger partial charge in [0.15, 0.2) is 17.5 Å². The summed E-state index contributed by atoms with van der Waals surface area (Å²) in [4.78, 5) is 6.58. The Morgan fingerprint density at radius 3 is 2.87 bits per heavy atom. The predicted molar refractivity (Wildman–Crippen MR) is 103 cm³/mol. The maximum absolute atomic E-state index is 13.6. The van der Waals surface area contributed by atoms with Gasteiger partial charge in [0.25, 0.3) is 0 Å². The fourth-order valence-electron chi connectivity index (χ4n) is 2.66. The third-order valence-corrected chi connectivity index (χ3v) is 4.02. The van der Waals surface area contributed by atoms with Crippen molar-refractivity contribution in [3.63, 3.8) is 0 Å². The van der Waals surface area contributed by atoms with Crippen molar-refractivity contribution in [3.8, 4) is 5.75 Å². The van der Waals surface area contributed by atoms with E-state index in [2.05, 4.69) is 16.8 Å². The maximum atomic E-state index is 13.6. The van der Waals surface area contributed by atoms with Crippen LogP contribution in [0.15, 0.2) is 29.3 Å². The van der Waals surface area contributed by atoms with Crippen molar-refractivity contribution in [2.45, 2.75) is 39.2 Å². The largest absolute Gasteiger partial charge is 0.485 e. The molecule has 6 heteroatoms. The van der Waals surface area contributed by atoms with Crippen LogP contribution in [-0.4, -0.2) is 36.6 Å². The van der Waals surface area contributed by atoms with E-state index in [1.165, 1.54) is 12.5 Å². The summed E-state index contributed by atoms with van der Waals surface area (Å²) in [7, 11) is 0. The molecule has 2 rings (SSSR count). The van der Waals surface area contributed by atoms with Crippen molar-refractivity contribution >= 4 is 29.9 Å². The highest BCUT2D eigenvalue weighted by atomic mass is 127. The van der Waals surface area contributed by atoms with E-state index in [0.29, 0.717) is 18.4 Å². The van der Waals surface area contributed by atoms with Crippen LogP contribution in [0.1, 0.15) is 33.1 Å². The quantitative estimate of drug-likeness (QED) is 0.437. The van der Waals surface area contributed by atoms with Crippen LogP contribution in [0, 0.1) is 11.7 Å². The molecule has 1 aromatic rings.